The number of nitrogens with zero attached hydrogens (tertiary/aromatic N) is 3. The second-order valence-corrected chi connectivity index (χ2v) is 11.4. The van der Waals surface area contributed by atoms with E-state index in [-0.39, 0.29) is 11.5 Å². The van der Waals surface area contributed by atoms with Crippen LogP contribution in [0.1, 0.15) is 67.5 Å². The molecule has 0 saturated heterocycles. The third-order valence-electron chi connectivity index (χ3n) is 7.02. The van der Waals surface area contributed by atoms with Crippen molar-refractivity contribution in [2.75, 3.05) is 6.61 Å². The molecule has 0 amide bonds. The quantitative estimate of drug-likeness (QED) is 0.180. The van der Waals surface area contributed by atoms with Gasteiger partial charge in [-0.3, -0.25) is 4.79 Å². The van der Waals surface area contributed by atoms with Gasteiger partial charge in [-0.25, -0.2) is 4.98 Å². The van der Waals surface area contributed by atoms with Gasteiger partial charge >= 0.3 is 0 Å². The van der Waals surface area contributed by atoms with Gasteiger partial charge in [0.25, 0.3) is 5.56 Å². The van der Waals surface area contributed by atoms with Gasteiger partial charge in [-0.05, 0) is 82.3 Å². The van der Waals surface area contributed by atoms with E-state index in [0.717, 1.165) is 51.6 Å². The largest absolute Gasteiger partial charge is 0.490 e. The summed E-state index contributed by atoms with van der Waals surface area (Å²) in [6.07, 6.45) is 7.20. The Labute approximate surface area is 245 Å². The van der Waals surface area contributed by atoms with Crippen molar-refractivity contribution in [2.45, 2.75) is 58.5 Å². The van der Waals surface area contributed by atoms with E-state index in [2.05, 4.69) is 63.0 Å². The molecule has 6 nitrogen and oxygen atoms in total. The van der Waals surface area contributed by atoms with Crippen LogP contribution in [0.25, 0.3) is 10.9 Å². The summed E-state index contributed by atoms with van der Waals surface area (Å²) in [6.45, 7) is 4.88. The Balaban J connectivity index is 1.53. The van der Waals surface area contributed by atoms with E-state index in [1.807, 2.05) is 31.2 Å². The van der Waals surface area contributed by atoms with Gasteiger partial charge in [0.2, 0.25) is 0 Å². The van der Waals surface area contributed by atoms with E-state index in [0.29, 0.717) is 35.6 Å². The Morgan fingerprint density at radius 3 is 2.51 bits per heavy atom. The van der Waals surface area contributed by atoms with E-state index in [1.54, 1.807) is 12.3 Å². The number of hydrogen-bond donors (Lipinski definition) is 0. The fourth-order valence-corrected chi connectivity index (χ4v) is 5.87. The van der Waals surface area contributed by atoms with Gasteiger partial charge in [0.15, 0.2) is 11.5 Å². The summed E-state index contributed by atoms with van der Waals surface area (Å²) in [4.78, 5) is 18.5. The summed E-state index contributed by atoms with van der Waals surface area (Å²) >= 11 is 7.40. The van der Waals surface area contributed by atoms with Crippen LogP contribution >= 0.6 is 31.9 Å². The lowest BCUT2D eigenvalue weighted by atomic mass is 9.88. The first-order chi connectivity index (χ1) is 19.0. The van der Waals surface area contributed by atoms with E-state index >= 15 is 0 Å². The molecule has 4 aromatic rings. The first-order valence-corrected chi connectivity index (χ1v) is 14.9. The average molecular weight is 653 g/mol. The maximum Gasteiger partial charge on any atom is 0.282 e. The van der Waals surface area contributed by atoms with Crippen molar-refractivity contribution in [3.05, 3.63) is 96.4 Å². The molecule has 0 bridgehead atoms. The van der Waals surface area contributed by atoms with Crippen LogP contribution in [0.5, 0.6) is 11.5 Å². The van der Waals surface area contributed by atoms with Gasteiger partial charge < -0.3 is 9.47 Å². The summed E-state index contributed by atoms with van der Waals surface area (Å²) in [5.41, 5.74) is 3.58. The second-order valence-electron chi connectivity index (χ2n) is 9.81. The fraction of sp³-hybridized carbons (Fsp3) is 0.323. The molecule has 39 heavy (non-hydrogen) atoms. The van der Waals surface area contributed by atoms with Crippen LogP contribution in [0.3, 0.4) is 0 Å². The Hall–Kier alpha value is -2.97. The van der Waals surface area contributed by atoms with Crippen LogP contribution in [0, 0.1) is 6.92 Å². The summed E-state index contributed by atoms with van der Waals surface area (Å²) in [7, 11) is 0. The molecule has 1 aliphatic carbocycles. The van der Waals surface area contributed by atoms with Crippen molar-refractivity contribution in [3.63, 3.8) is 0 Å². The predicted molar refractivity (Wildman–Crippen MR) is 163 cm³/mol. The minimum atomic E-state index is -0.157. The average Bonchev–Trinajstić information content (AvgIpc) is 2.96. The molecule has 0 N–H and O–H groups in total. The van der Waals surface area contributed by atoms with Crippen LogP contribution in [0.15, 0.2) is 73.4 Å². The Bertz CT molecular complexity index is 1560. The second kappa shape index (κ2) is 12.5. The first kappa shape index (κ1) is 27.6. The smallest absolute Gasteiger partial charge is 0.282 e. The minimum Gasteiger partial charge on any atom is -0.490 e. The summed E-state index contributed by atoms with van der Waals surface area (Å²) < 4.78 is 15.1. The van der Waals surface area contributed by atoms with Crippen molar-refractivity contribution >= 4 is 49.0 Å². The highest BCUT2D eigenvalue weighted by atomic mass is 79.9. The highest BCUT2D eigenvalue weighted by molar-refractivity contribution is 9.13. The Morgan fingerprint density at radius 2 is 1.77 bits per heavy atom. The highest BCUT2D eigenvalue weighted by Gasteiger charge is 2.23. The zero-order valence-corrected chi connectivity index (χ0v) is 25.3. The van der Waals surface area contributed by atoms with Crippen LogP contribution in [0.2, 0.25) is 0 Å². The van der Waals surface area contributed by atoms with Gasteiger partial charge in [0.1, 0.15) is 12.4 Å². The summed E-state index contributed by atoms with van der Waals surface area (Å²) in [5.74, 6) is 2.14. The number of hydrogen-bond acceptors (Lipinski definition) is 5. The Kier molecular flexibility index (Phi) is 8.82. The zero-order chi connectivity index (χ0) is 27.4. The van der Waals surface area contributed by atoms with Gasteiger partial charge in [0, 0.05) is 16.0 Å². The number of halogens is 2. The highest BCUT2D eigenvalue weighted by Crippen LogP contribution is 2.43. The maximum absolute atomic E-state index is 13.6. The molecule has 8 heteroatoms. The van der Waals surface area contributed by atoms with E-state index in [1.165, 1.54) is 16.7 Å². The molecule has 0 atom stereocenters. The van der Waals surface area contributed by atoms with Crippen LogP contribution < -0.4 is 15.0 Å². The molecule has 1 fully saturated rings. The van der Waals surface area contributed by atoms with Gasteiger partial charge in [-0.2, -0.15) is 9.78 Å². The molecule has 5 rings (SSSR count). The third-order valence-corrected chi connectivity index (χ3v) is 9.16. The van der Waals surface area contributed by atoms with E-state index in [9.17, 15) is 4.79 Å². The van der Waals surface area contributed by atoms with Crippen molar-refractivity contribution < 1.29 is 9.47 Å². The van der Waals surface area contributed by atoms with Crippen LogP contribution in [-0.4, -0.2) is 22.5 Å². The molecule has 1 saturated carbocycles. The SMILES string of the molecule is CCOc1cc(C=Nn2c(C3CCCCC3)nc3ccccc3c2=O)c(Br)c(Br)c1OCc1ccc(C)cc1. The lowest BCUT2D eigenvalue weighted by Crippen LogP contribution is -2.25. The fourth-order valence-electron chi connectivity index (χ4n) is 4.93. The van der Waals surface area contributed by atoms with Crippen LogP contribution in [0.4, 0.5) is 0 Å². The number of rotatable bonds is 8. The molecular formula is C31H31Br2N3O3. The molecule has 0 spiro atoms. The molecule has 1 heterocycles. The third kappa shape index (κ3) is 6.12. The van der Waals surface area contributed by atoms with Gasteiger partial charge in [0.05, 0.1) is 28.2 Å². The monoisotopic (exact) mass is 651 g/mol. The van der Waals surface area contributed by atoms with Crippen molar-refractivity contribution in [1.29, 1.82) is 0 Å². The predicted octanol–water partition coefficient (Wildman–Crippen LogP) is 8.14. The number of aryl methyl sites for hydroxylation is 1. The molecule has 202 valence electrons. The molecule has 1 aromatic heterocycles. The van der Waals surface area contributed by atoms with Crippen LogP contribution in [-0.2, 0) is 6.61 Å². The standard InChI is InChI=1S/C31H31Br2N3O3/c1-3-38-26-17-23(27(32)28(33)29(26)39-19-21-15-13-20(2)14-16-21)18-34-36-30(22-9-5-4-6-10-22)35-25-12-8-7-11-24(25)31(36)37/h7-8,11-18,22H,3-6,9-10,19H2,1-2H3. The number of fused-ring (bicyclic) bond motifs is 1. The first-order valence-electron chi connectivity index (χ1n) is 13.4. The van der Waals surface area contributed by atoms with Crippen molar-refractivity contribution in [1.82, 2.24) is 9.66 Å². The molecule has 0 unspecified atom stereocenters. The lowest BCUT2D eigenvalue weighted by molar-refractivity contribution is 0.267. The maximum atomic E-state index is 13.6. The minimum absolute atomic E-state index is 0.157. The van der Waals surface area contributed by atoms with Crippen molar-refractivity contribution in [3.8, 4) is 11.5 Å². The van der Waals surface area contributed by atoms with Gasteiger partial charge in [-0.15, -0.1) is 0 Å². The van der Waals surface area contributed by atoms with Gasteiger partial charge in [-0.1, -0.05) is 61.2 Å². The Morgan fingerprint density at radius 1 is 1.03 bits per heavy atom. The summed E-state index contributed by atoms with van der Waals surface area (Å²) in [6, 6.07) is 17.6. The number of ether oxygens (including phenoxy) is 2. The van der Waals surface area contributed by atoms with E-state index < -0.39 is 0 Å². The lowest BCUT2D eigenvalue weighted by Gasteiger charge is -2.22. The molecule has 0 aliphatic heterocycles. The van der Waals surface area contributed by atoms with Crippen molar-refractivity contribution in [2.24, 2.45) is 5.10 Å². The summed E-state index contributed by atoms with van der Waals surface area (Å²) in [5, 5.41) is 5.26. The molecule has 0 radical (unpaired) electrons. The number of benzene rings is 3. The zero-order valence-electron chi connectivity index (χ0n) is 22.1. The van der Waals surface area contributed by atoms with E-state index in [4.69, 9.17) is 19.6 Å². The molecule has 3 aromatic carbocycles. The normalized spacial score (nSPS) is 14.3. The number of para-hydroxylation sites is 1. The number of aromatic nitrogens is 2. The topological polar surface area (TPSA) is 65.7 Å². The molecular weight excluding hydrogens is 622 g/mol. The molecule has 1 aliphatic rings.